The van der Waals surface area contributed by atoms with E-state index in [9.17, 15) is 24.3 Å². The molecule has 4 N–H and O–H groups in total. The number of carbonyl (C=O) groups excluding carboxylic acids is 3. The fourth-order valence-corrected chi connectivity index (χ4v) is 4.19. The van der Waals surface area contributed by atoms with Gasteiger partial charge >= 0.3 is 12.1 Å². The lowest BCUT2D eigenvalue weighted by molar-refractivity contribution is -0.150. The van der Waals surface area contributed by atoms with Crippen LogP contribution in [0.4, 0.5) is 4.79 Å². The number of aliphatic carboxylic acids is 1. The van der Waals surface area contributed by atoms with Crippen molar-refractivity contribution >= 4 is 41.4 Å². The molecule has 0 spiro atoms. The minimum absolute atomic E-state index is 0.140. The summed E-state index contributed by atoms with van der Waals surface area (Å²) in [5.74, 6) is -2.38. The standard InChI is InChI=1S/C16H16N4O8S/c1-26-19-9(8-3-2-4-27-8)12(21)18-10-13(22)20-11(15(23)24)7(5-28-16(17)25)6-29-14(10)20/h2-4,10,14H,5-6H2,1H3,(H2,17,25)(H,18,21)(H,23,24)/b19-9-/t10?,14-/m1/s1. The molecule has 0 bridgehead atoms. The van der Waals surface area contributed by atoms with Crippen molar-refractivity contribution in [2.45, 2.75) is 11.4 Å². The fourth-order valence-electron chi connectivity index (χ4n) is 2.87. The summed E-state index contributed by atoms with van der Waals surface area (Å²) < 4.78 is 9.79. The van der Waals surface area contributed by atoms with Gasteiger partial charge in [0.15, 0.2) is 5.76 Å². The first kappa shape index (κ1) is 20.3. The van der Waals surface area contributed by atoms with Crippen LogP contribution in [-0.4, -0.2) is 70.5 Å². The van der Waals surface area contributed by atoms with Gasteiger partial charge in [0, 0.05) is 11.3 Å². The molecule has 2 atom stereocenters. The van der Waals surface area contributed by atoms with Crippen molar-refractivity contribution < 1.29 is 38.3 Å². The third-order valence-corrected chi connectivity index (χ3v) is 5.42. The quantitative estimate of drug-likeness (QED) is 0.295. The van der Waals surface area contributed by atoms with E-state index in [4.69, 9.17) is 10.2 Å². The van der Waals surface area contributed by atoms with Gasteiger partial charge in [-0.2, -0.15) is 0 Å². The number of fused-ring (bicyclic) bond motifs is 1. The van der Waals surface area contributed by atoms with Crippen molar-refractivity contribution in [2.24, 2.45) is 10.9 Å². The molecule has 1 saturated heterocycles. The molecule has 13 heteroatoms. The van der Waals surface area contributed by atoms with Crippen LogP contribution in [0.2, 0.25) is 0 Å². The average Bonchev–Trinajstić information content (AvgIpc) is 3.21. The molecule has 29 heavy (non-hydrogen) atoms. The number of nitrogens with two attached hydrogens (primary N) is 1. The Labute approximate surface area is 167 Å². The van der Waals surface area contributed by atoms with Crippen LogP contribution >= 0.6 is 11.8 Å². The topological polar surface area (TPSA) is 174 Å². The third kappa shape index (κ3) is 3.89. The number of rotatable bonds is 7. The molecule has 0 aliphatic carbocycles. The summed E-state index contributed by atoms with van der Waals surface area (Å²) in [7, 11) is 1.25. The summed E-state index contributed by atoms with van der Waals surface area (Å²) >= 11 is 1.21. The summed E-state index contributed by atoms with van der Waals surface area (Å²) in [5, 5.41) is 15.0. The zero-order chi connectivity index (χ0) is 21.1. The number of nitrogens with zero attached hydrogens (tertiary/aromatic N) is 2. The number of amides is 3. The van der Waals surface area contributed by atoms with Gasteiger partial charge < -0.3 is 30.1 Å². The second-order valence-corrected chi connectivity index (χ2v) is 6.93. The molecule has 3 heterocycles. The fraction of sp³-hybridized carbons (Fsp3) is 0.312. The number of carbonyl (C=O) groups is 4. The summed E-state index contributed by atoms with van der Waals surface area (Å²) in [6.07, 6.45) is 0.290. The zero-order valence-corrected chi connectivity index (χ0v) is 15.8. The van der Waals surface area contributed by atoms with Gasteiger partial charge in [-0.1, -0.05) is 5.16 Å². The lowest BCUT2D eigenvalue weighted by Gasteiger charge is -2.49. The molecule has 1 aromatic heterocycles. The number of nitrogens with one attached hydrogen (secondary N) is 1. The summed E-state index contributed by atoms with van der Waals surface area (Å²) in [4.78, 5) is 53.3. The van der Waals surface area contributed by atoms with Crippen molar-refractivity contribution in [1.82, 2.24) is 10.2 Å². The van der Waals surface area contributed by atoms with Crippen LogP contribution in [0.5, 0.6) is 0 Å². The van der Waals surface area contributed by atoms with E-state index in [1.807, 2.05) is 0 Å². The number of oxime groups is 1. The number of hydrogen-bond acceptors (Lipinski definition) is 9. The predicted molar refractivity (Wildman–Crippen MR) is 97.5 cm³/mol. The van der Waals surface area contributed by atoms with Crippen molar-refractivity contribution in [3.8, 4) is 0 Å². The van der Waals surface area contributed by atoms with Crippen LogP contribution in [0.25, 0.3) is 0 Å². The Kier molecular flexibility index (Phi) is 5.77. The highest BCUT2D eigenvalue weighted by atomic mass is 32.2. The molecular formula is C16H16N4O8S. The van der Waals surface area contributed by atoms with Crippen molar-refractivity contribution in [3.63, 3.8) is 0 Å². The van der Waals surface area contributed by atoms with E-state index in [1.165, 1.54) is 31.2 Å². The zero-order valence-electron chi connectivity index (χ0n) is 15.0. The molecule has 3 rings (SSSR count). The molecule has 154 valence electrons. The van der Waals surface area contributed by atoms with E-state index in [0.29, 0.717) is 0 Å². The second kappa shape index (κ2) is 8.26. The SMILES string of the molecule is CO/N=C(\C(=O)NC1C(=O)N2C(C(=O)O)=C(COC(N)=O)CS[C@H]12)c1ccco1. The van der Waals surface area contributed by atoms with Gasteiger partial charge in [0.25, 0.3) is 11.8 Å². The molecular weight excluding hydrogens is 408 g/mol. The van der Waals surface area contributed by atoms with Crippen LogP contribution in [0.3, 0.4) is 0 Å². The maximum Gasteiger partial charge on any atom is 0.404 e. The van der Waals surface area contributed by atoms with Crippen LogP contribution in [0, 0.1) is 0 Å². The van der Waals surface area contributed by atoms with Crippen LogP contribution in [0.1, 0.15) is 5.76 Å². The minimum atomic E-state index is -1.35. The average molecular weight is 424 g/mol. The number of furan rings is 1. The van der Waals surface area contributed by atoms with Crippen molar-refractivity contribution in [3.05, 3.63) is 35.4 Å². The van der Waals surface area contributed by atoms with Gasteiger partial charge in [-0.3, -0.25) is 14.5 Å². The summed E-state index contributed by atoms with van der Waals surface area (Å²) in [6.45, 7) is -0.347. The van der Waals surface area contributed by atoms with E-state index < -0.39 is 35.3 Å². The van der Waals surface area contributed by atoms with Crippen LogP contribution in [0.15, 0.2) is 39.2 Å². The number of hydrogen-bond donors (Lipinski definition) is 3. The summed E-state index contributed by atoms with van der Waals surface area (Å²) in [6, 6.07) is 2.08. The molecule has 12 nitrogen and oxygen atoms in total. The molecule has 1 aromatic rings. The van der Waals surface area contributed by atoms with Crippen LogP contribution in [-0.2, 0) is 24.0 Å². The Balaban J connectivity index is 1.77. The number of primary amides is 1. The number of thioether (sulfide) groups is 1. The molecule has 2 aliphatic rings. The van der Waals surface area contributed by atoms with Gasteiger partial charge in [0.2, 0.25) is 5.71 Å². The third-order valence-electron chi connectivity index (χ3n) is 4.08. The number of carboxylic acid groups (broad SMARTS) is 1. The highest BCUT2D eigenvalue weighted by molar-refractivity contribution is 8.00. The van der Waals surface area contributed by atoms with Crippen molar-refractivity contribution in [1.29, 1.82) is 0 Å². The lowest BCUT2D eigenvalue weighted by atomic mass is 10.0. The van der Waals surface area contributed by atoms with E-state index in [-0.39, 0.29) is 35.1 Å². The normalized spacial score (nSPS) is 21.2. The first-order chi connectivity index (χ1) is 13.8. The largest absolute Gasteiger partial charge is 0.477 e. The van der Waals surface area contributed by atoms with E-state index in [1.54, 1.807) is 6.07 Å². The molecule has 1 unspecified atom stereocenters. The Bertz CT molecular complexity index is 910. The van der Waals surface area contributed by atoms with Crippen LogP contribution < -0.4 is 11.1 Å². The number of β-lactam (4-membered cyclic amide) rings is 1. The molecule has 3 amide bonds. The van der Waals surface area contributed by atoms with Gasteiger partial charge in [0.05, 0.1) is 6.26 Å². The molecule has 0 saturated carbocycles. The first-order valence-corrected chi connectivity index (χ1v) is 9.18. The molecule has 2 aliphatic heterocycles. The van der Waals surface area contributed by atoms with Gasteiger partial charge in [0.1, 0.15) is 30.8 Å². The van der Waals surface area contributed by atoms with E-state index in [2.05, 4.69) is 20.0 Å². The van der Waals surface area contributed by atoms with E-state index in [0.717, 1.165) is 4.90 Å². The minimum Gasteiger partial charge on any atom is -0.477 e. The molecule has 1 fully saturated rings. The Hall–Kier alpha value is -3.48. The number of ether oxygens (including phenoxy) is 1. The Morgan fingerprint density at radius 3 is 2.83 bits per heavy atom. The smallest absolute Gasteiger partial charge is 0.404 e. The van der Waals surface area contributed by atoms with Gasteiger partial charge in [-0.25, -0.2) is 9.59 Å². The summed E-state index contributed by atoms with van der Waals surface area (Å²) in [5.41, 5.74) is 4.68. The monoisotopic (exact) mass is 424 g/mol. The van der Waals surface area contributed by atoms with Gasteiger partial charge in [-0.15, -0.1) is 11.8 Å². The lowest BCUT2D eigenvalue weighted by Crippen LogP contribution is -2.71. The van der Waals surface area contributed by atoms with Crippen molar-refractivity contribution in [2.75, 3.05) is 19.5 Å². The Morgan fingerprint density at radius 1 is 1.48 bits per heavy atom. The first-order valence-electron chi connectivity index (χ1n) is 8.13. The molecule has 0 radical (unpaired) electrons. The highest BCUT2D eigenvalue weighted by Crippen LogP contribution is 2.40. The second-order valence-electron chi connectivity index (χ2n) is 5.83. The number of carboxylic acids is 1. The molecule has 0 aromatic carbocycles. The predicted octanol–water partition coefficient (Wildman–Crippen LogP) is -0.536. The maximum absolute atomic E-state index is 12.6. The maximum atomic E-state index is 12.6. The van der Waals surface area contributed by atoms with Gasteiger partial charge in [-0.05, 0) is 12.1 Å². The highest BCUT2D eigenvalue weighted by Gasteiger charge is 2.54. The Morgan fingerprint density at radius 2 is 2.24 bits per heavy atom. The van der Waals surface area contributed by atoms with E-state index >= 15 is 0 Å².